The first kappa shape index (κ1) is 18.7. The maximum atomic E-state index is 12.1. The number of benzene rings is 2. The van der Waals surface area contributed by atoms with Crippen molar-refractivity contribution in [1.82, 2.24) is 0 Å². The Hall–Kier alpha value is -1.61. The van der Waals surface area contributed by atoms with E-state index in [1.165, 1.54) is 37.8 Å². The van der Waals surface area contributed by atoms with E-state index in [1.54, 1.807) is 6.26 Å². The molecule has 0 aliphatic rings. The highest BCUT2D eigenvalue weighted by Gasteiger charge is 2.14. The van der Waals surface area contributed by atoms with Crippen molar-refractivity contribution in [2.45, 2.75) is 50.3 Å². The first-order chi connectivity index (χ1) is 11.7. The molecule has 24 heavy (non-hydrogen) atoms. The molecule has 130 valence electrons. The number of unbranched alkanes of at least 4 members (excludes halogenated alkanes) is 5. The van der Waals surface area contributed by atoms with Crippen LogP contribution < -0.4 is 4.90 Å². The quantitative estimate of drug-likeness (QED) is 0.499. The van der Waals surface area contributed by atoms with E-state index in [1.807, 2.05) is 24.3 Å². The molecule has 1 atom stereocenters. The number of hydrogen-bond acceptors (Lipinski definition) is 2. The summed E-state index contributed by atoms with van der Waals surface area (Å²) in [6.45, 7) is 3.21. The van der Waals surface area contributed by atoms with Crippen LogP contribution >= 0.6 is 0 Å². The largest absolute Gasteiger partial charge is 0.341 e. The molecule has 3 heteroatoms. The van der Waals surface area contributed by atoms with Crippen molar-refractivity contribution in [1.29, 1.82) is 0 Å². The van der Waals surface area contributed by atoms with Crippen molar-refractivity contribution in [3.63, 3.8) is 0 Å². The lowest BCUT2D eigenvalue weighted by molar-refractivity contribution is 0.609. The summed E-state index contributed by atoms with van der Waals surface area (Å²) in [5.74, 6) is 0. The van der Waals surface area contributed by atoms with Crippen LogP contribution in [0, 0.1) is 0 Å². The van der Waals surface area contributed by atoms with Gasteiger partial charge in [-0.05, 0) is 30.7 Å². The van der Waals surface area contributed by atoms with Gasteiger partial charge in [0.1, 0.15) is 0 Å². The van der Waals surface area contributed by atoms with Crippen LogP contribution in [0.2, 0.25) is 0 Å². The van der Waals surface area contributed by atoms with Crippen molar-refractivity contribution in [3.05, 3.63) is 54.6 Å². The first-order valence-corrected chi connectivity index (χ1v) is 10.5. The lowest BCUT2D eigenvalue weighted by atomic mass is 10.1. The number of nitrogens with zero attached hydrogens (tertiary/aromatic N) is 1. The third-order valence-electron chi connectivity index (χ3n) is 4.27. The van der Waals surface area contributed by atoms with Gasteiger partial charge in [0.15, 0.2) is 0 Å². The van der Waals surface area contributed by atoms with Crippen LogP contribution in [-0.2, 0) is 10.8 Å². The summed E-state index contributed by atoms with van der Waals surface area (Å²) < 4.78 is 12.1. The second kappa shape index (κ2) is 10.3. The van der Waals surface area contributed by atoms with E-state index in [9.17, 15) is 4.21 Å². The molecular formula is C21H29NOS. The zero-order valence-corrected chi connectivity index (χ0v) is 15.7. The molecule has 0 amide bonds. The summed E-state index contributed by atoms with van der Waals surface area (Å²) in [5.41, 5.74) is 2.24. The van der Waals surface area contributed by atoms with Crippen LogP contribution in [0.15, 0.2) is 59.5 Å². The molecule has 0 heterocycles. The Labute approximate surface area is 149 Å². The SMILES string of the molecule is CCCCCCCCN(c1ccccc1)c1ccccc1S(C)=O. The molecule has 0 spiro atoms. The maximum absolute atomic E-state index is 12.1. The highest BCUT2D eigenvalue weighted by Crippen LogP contribution is 2.30. The summed E-state index contributed by atoms with van der Waals surface area (Å²) in [6, 6.07) is 18.5. The van der Waals surface area contributed by atoms with Gasteiger partial charge < -0.3 is 4.90 Å². The van der Waals surface area contributed by atoms with Gasteiger partial charge in [0.2, 0.25) is 0 Å². The van der Waals surface area contributed by atoms with Crippen LogP contribution in [0.3, 0.4) is 0 Å². The molecule has 0 aliphatic carbocycles. The molecule has 2 nitrogen and oxygen atoms in total. The maximum Gasteiger partial charge on any atom is 0.0622 e. The smallest absolute Gasteiger partial charge is 0.0622 e. The third-order valence-corrected chi connectivity index (χ3v) is 5.23. The molecule has 0 aliphatic heterocycles. The topological polar surface area (TPSA) is 20.3 Å². The minimum Gasteiger partial charge on any atom is -0.341 e. The molecule has 0 fully saturated rings. The molecule has 0 saturated carbocycles. The Bertz CT molecular complexity index is 627. The lowest BCUT2D eigenvalue weighted by Crippen LogP contribution is -2.20. The minimum absolute atomic E-state index is 0.910. The Balaban J connectivity index is 2.14. The van der Waals surface area contributed by atoms with Crippen molar-refractivity contribution >= 4 is 22.2 Å². The Morgan fingerprint density at radius 1 is 0.833 bits per heavy atom. The first-order valence-electron chi connectivity index (χ1n) is 8.99. The Morgan fingerprint density at radius 3 is 2.17 bits per heavy atom. The number of rotatable bonds is 10. The average Bonchev–Trinajstić information content (AvgIpc) is 2.62. The van der Waals surface area contributed by atoms with Crippen molar-refractivity contribution in [2.24, 2.45) is 0 Å². The minimum atomic E-state index is -0.988. The van der Waals surface area contributed by atoms with Gasteiger partial charge in [0.05, 0.1) is 21.4 Å². The second-order valence-corrected chi connectivity index (χ2v) is 7.52. The van der Waals surface area contributed by atoms with Crippen molar-refractivity contribution in [2.75, 3.05) is 17.7 Å². The Morgan fingerprint density at radius 2 is 1.46 bits per heavy atom. The fraction of sp³-hybridized carbons (Fsp3) is 0.429. The summed E-state index contributed by atoms with van der Waals surface area (Å²) in [6.07, 6.45) is 9.41. The molecule has 0 saturated heterocycles. The molecule has 2 aromatic rings. The van der Waals surface area contributed by atoms with Crippen LogP contribution in [0.1, 0.15) is 45.4 Å². The van der Waals surface area contributed by atoms with Crippen molar-refractivity contribution < 1.29 is 4.21 Å². The molecule has 0 radical (unpaired) electrons. The van der Waals surface area contributed by atoms with E-state index in [-0.39, 0.29) is 0 Å². The monoisotopic (exact) mass is 343 g/mol. The van der Waals surface area contributed by atoms with Gasteiger partial charge in [0, 0.05) is 18.5 Å². The molecular weight excluding hydrogens is 314 g/mol. The lowest BCUT2D eigenvalue weighted by Gasteiger charge is -2.27. The van der Waals surface area contributed by atoms with E-state index < -0.39 is 10.8 Å². The average molecular weight is 344 g/mol. The van der Waals surface area contributed by atoms with Crippen molar-refractivity contribution in [3.8, 4) is 0 Å². The Kier molecular flexibility index (Phi) is 8.03. The summed E-state index contributed by atoms with van der Waals surface area (Å²) in [5, 5.41) is 0. The van der Waals surface area contributed by atoms with Gasteiger partial charge in [-0.1, -0.05) is 69.4 Å². The predicted molar refractivity (Wildman–Crippen MR) is 106 cm³/mol. The summed E-state index contributed by atoms with van der Waals surface area (Å²) in [4.78, 5) is 3.23. The van der Waals surface area contributed by atoms with Gasteiger partial charge >= 0.3 is 0 Å². The third kappa shape index (κ3) is 5.48. The zero-order chi connectivity index (χ0) is 17.2. The summed E-state index contributed by atoms with van der Waals surface area (Å²) >= 11 is 0. The second-order valence-electron chi connectivity index (χ2n) is 6.18. The van der Waals surface area contributed by atoms with E-state index in [2.05, 4.69) is 42.2 Å². The van der Waals surface area contributed by atoms with E-state index in [0.717, 1.165) is 23.5 Å². The van der Waals surface area contributed by atoms with Crippen LogP contribution in [0.5, 0.6) is 0 Å². The van der Waals surface area contributed by atoms with Crippen LogP contribution in [-0.4, -0.2) is 17.0 Å². The fourth-order valence-corrected chi connectivity index (χ4v) is 3.71. The molecule has 1 unspecified atom stereocenters. The number of hydrogen-bond donors (Lipinski definition) is 0. The van der Waals surface area contributed by atoms with Crippen LogP contribution in [0.4, 0.5) is 11.4 Å². The fourth-order valence-electron chi connectivity index (χ4n) is 2.97. The van der Waals surface area contributed by atoms with E-state index >= 15 is 0 Å². The van der Waals surface area contributed by atoms with Gasteiger partial charge in [-0.25, -0.2) is 0 Å². The molecule has 2 rings (SSSR count). The zero-order valence-electron chi connectivity index (χ0n) is 14.9. The summed E-state index contributed by atoms with van der Waals surface area (Å²) in [7, 11) is -0.988. The van der Waals surface area contributed by atoms with Gasteiger partial charge in [-0.2, -0.15) is 0 Å². The number of para-hydroxylation sites is 2. The van der Waals surface area contributed by atoms with Gasteiger partial charge in [0.25, 0.3) is 0 Å². The number of anilines is 2. The highest BCUT2D eigenvalue weighted by molar-refractivity contribution is 7.84. The van der Waals surface area contributed by atoms with Gasteiger partial charge in [-0.3, -0.25) is 4.21 Å². The highest BCUT2D eigenvalue weighted by atomic mass is 32.2. The molecule has 0 N–H and O–H groups in total. The molecule has 0 bridgehead atoms. The van der Waals surface area contributed by atoms with E-state index in [4.69, 9.17) is 0 Å². The van der Waals surface area contributed by atoms with E-state index in [0.29, 0.717) is 0 Å². The molecule has 0 aromatic heterocycles. The van der Waals surface area contributed by atoms with Crippen LogP contribution in [0.25, 0.3) is 0 Å². The predicted octanol–water partition coefficient (Wildman–Crippen LogP) is 5.92. The molecule has 2 aromatic carbocycles. The standard InChI is InChI=1S/C21H29NOS/c1-3-4-5-6-7-13-18-22(19-14-9-8-10-15-19)20-16-11-12-17-21(20)24(2)23/h8-12,14-17H,3-7,13,18H2,1-2H3. The normalized spacial score (nSPS) is 12.1. The van der Waals surface area contributed by atoms with Gasteiger partial charge in [-0.15, -0.1) is 0 Å².